The van der Waals surface area contributed by atoms with Gasteiger partial charge in [0, 0.05) is 12.1 Å². The number of aryl methyl sites for hydroxylation is 2. The topological polar surface area (TPSA) is 34.2 Å². The summed E-state index contributed by atoms with van der Waals surface area (Å²) in [5, 5.41) is 3.15. The van der Waals surface area contributed by atoms with Gasteiger partial charge in [-0.2, -0.15) is 0 Å². The molecule has 0 aliphatic carbocycles. The number of halogens is 1. The van der Waals surface area contributed by atoms with Gasteiger partial charge in [0.15, 0.2) is 0 Å². The Balaban J connectivity index is 2.25. The minimum atomic E-state index is -0.356. The Hall–Kier alpha value is -1.94. The molecule has 1 aromatic carbocycles. The molecular weight excluding hydrogens is 255 g/mol. The lowest BCUT2D eigenvalue weighted by Gasteiger charge is -2.11. The van der Waals surface area contributed by atoms with Crippen LogP contribution >= 0.6 is 0 Å². The van der Waals surface area contributed by atoms with Gasteiger partial charge in [-0.3, -0.25) is 0 Å². The Bertz CT molecular complexity index is 599. The summed E-state index contributed by atoms with van der Waals surface area (Å²) in [6.45, 7) is 7.41. The van der Waals surface area contributed by atoms with Crippen LogP contribution in [0.1, 0.15) is 23.6 Å². The van der Waals surface area contributed by atoms with E-state index in [2.05, 4.69) is 10.3 Å². The number of aromatic nitrogens is 1. The van der Waals surface area contributed by atoms with E-state index in [1.54, 1.807) is 0 Å². The predicted molar refractivity (Wildman–Crippen MR) is 77.6 cm³/mol. The molecular formula is C16H19FN2O. The molecule has 0 saturated heterocycles. The van der Waals surface area contributed by atoms with E-state index >= 15 is 0 Å². The van der Waals surface area contributed by atoms with E-state index in [0.29, 0.717) is 23.7 Å². The molecule has 106 valence electrons. The zero-order valence-electron chi connectivity index (χ0n) is 12.0. The van der Waals surface area contributed by atoms with E-state index in [1.165, 1.54) is 17.8 Å². The highest BCUT2D eigenvalue weighted by Crippen LogP contribution is 2.25. The van der Waals surface area contributed by atoms with Gasteiger partial charge in [-0.05, 0) is 49.7 Å². The van der Waals surface area contributed by atoms with Crippen LogP contribution in [0.15, 0.2) is 30.5 Å². The maximum Gasteiger partial charge on any atom is 0.223 e. The molecule has 0 spiro atoms. The Morgan fingerprint density at radius 1 is 1.20 bits per heavy atom. The number of hydrogen-bond acceptors (Lipinski definition) is 3. The van der Waals surface area contributed by atoms with Gasteiger partial charge in [-0.15, -0.1) is 0 Å². The van der Waals surface area contributed by atoms with Crippen molar-refractivity contribution < 1.29 is 9.13 Å². The maximum absolute atomic E-state index is 13.3. The molecule has 0 atom stereocenters. The molecule has 0 amide bonds. The lowest BCUT2D eigenvalue weighted by atomic mass is 10.1. The molecule has 0 fully saturated rings. The van der Waals surface area contributed by atoms with Crippen LogP contribution in [0.2, 0.25) is 0 Å². The summed E-state index contributed by atoms with van der Waals surface area (Å²) in [6, 6.07) is 7.30. The van der Waals surface area contributed by atoms with Crippen LogP contribution in [-0.4, -0.2) is 11.5 Å². The fraction of sp³-hybridized carbons (Fsp3) is 0.312. The smallest absolute Gasteiger partial charge is 0.223 e. The van der Waals surface area contributed by atoms with Crippen molar-refractivity contribution in [2.75, 3.05) is 6.54 Å². The molecule has 2 aromatic rings. The van der Waals surface area contributed by atoms with E-state index in [1.807, 2.05) is 39.0 Å². The van der Waals surface area contributed by atoms with Crippen molar-refractivity contribution >= 4 is 0 Å². The number of nitrogens with one attached hydrogen (secondary N) is 1. The average molecular weight is 274 g/mol. The van der Waals surface area contributed by atoms with Gasteiger partial charge in [-0.1, -0.05) is 13.0 Å². The van der Waals surface area contributed by atoms with Gasteiger partial charge in [-0.25, -0.2) is 9.37 Å². The third-order valence-corrected chi connectivity index (χ3v) is 3.15. The number of pyridine rings is 1. The van der Waals surface area contributed by atoms with Crippen LogP contribution < -0.4 is 10.1 Å². The second kappa shape index (κ2) is 6.48. The van der Waals surface area contributed by atoms with Gasteiger partial charge in [0.25, 0.3) is 0 Å². The molecule has 0 aliphatic rings. The second-order valence-electron chi connectivity index (χ2n) is 4.75. The minimum absolute atomic E-state index is 0.356. The monoisotopic (exact) mass is 274 g/mol. The van der Waals surface area contributed by atoms with Crippen molar-refractivity contribution in [3.8, 4) is 11.6 Å². The first kappa shape index (κ1) is 14.5. The summed E-state index contributed by atoms with van der Waals surface area (Å²) in [6.07, 6.45) is 1.17. The number of ether oxygens (including phenoxy) is 1. The Labute approximate surface area is 118 Å². The fourth-order valence-corrected chi connectivity index (χ4v) is 1.84. The molecule has 0 radical (unpaired) electrons. The number of nitrogens with zero attached hydrogens (tertiary/aromatic N) is 1. The molecule has 1 heterocycles. The lowest BCUT2D eigenvalue weighted by Crippen LogP contribution is -2.13. The van der Waals surface area contributed by atoms with E-state index < -0.39 is 0 Å². The van der Waals surface area contributed by atoms with Crippen LogP contribution in [0.5, 0.6) is 11.6 Å². The summed E-state index contributed by atoms with van der Waals surface area (Å²) in [5.74, 6) is 0.797. The molecule has 1 N–H and O–H groups in total. The SMILES string of the molecule is CCNCc1cc(F)cnc1Oc1ccc(C)c(C)c1. The molecule has 20 heavy (non-hydrogen) atoms. The summed E-state index contributed by atoms with van der Waals surface area (Å²) >= 11 is 0. The van der Waals surface area contributed by atoms with Gasteiger partial charge >= 0.3 is 0 Å². The van der Waals surface area contributed by atoms with Crippen molar-refractivity contribution in [1.29, 1.82) is 0 Å². The quantitative estimate of drug-likeness (QED) is 0.902. The zero-order chi connectivity index (χ0) is 14.5. The Morgan fingerprint density at radius 2 is 2.00 bits per heavy atom. The summed E-state index contributed by atoms with van der Waals surface area (Å²) in [7, 11) is 0. The zero-order valence-corrected chi connectivity index (χ0v) is 12.0. The minimum Gasteiger partial charge on any atom is -0.439 e. The molecule has 0 saturated carbocycles. The van der Waals surface area contributed by atoms with Crippen LogP contribution in [-0.2, 0) is 6.54 Å². The van der Waals surface area contributed by atoms with Crippen LogP contribution in [0.3, 0.4) is 0 Å². The first-order valence-electron chi connectivity index (χ1n) is 6.70. The fourth-order valence-electron chi connectivity index (χ4n) is 1.84. The molecule has 2 rings (SSSR count). The summed E-state index contributed by atoms with van der Waals surface area (Å²) in [5.41, 5.74) is 3.07. The van der Waals surface area contributed by atoms with Gasteiger partial charge in [0.05, 0.1) is 6.20 Å². The number of hydrogen-bond donors (Lipinski definition) is 1. The van der Waals surface area contributed by atoms with Crippen molar-refractivity contribution in [3.05, 3.63) is 53.0 Å². The molecule has 0 aliphatic heterocycles. The molecule has 0 bridgehead atoms. The van der Waals surface area contributed by atoms with Crippen molar-refractivity contribution in [1.82, 2.24) is 10.3 Å². The third kappa shape index (κ3) is 3.54. The first-order chi connectivity index (χ1) is 9.60. The first-order valence-corrected chi connectivity index (χ1v) is 6.70. The van der Waals surface area contributed by atoms with Crippen molar-refractivity contribution in [2.45, 2.75) is 27.3 Å². The van der Waals surface area contributed by atoms with Crippen LogP contribution in [0.4, 0.5) is 4.39 Å². The van der Waals surface area contributed by atoms with Crippen LogP contribution in [0, 0.1) is 19.7 Å². The maximum atomic E-state index is 13.3. The third-order valence-electron chi connectivity index (χ3n) is 3.15. The highest BCUT2D eigenvalue weighted by Gasteiger charge is 2.08. The predicted octanol–water partition coefficient (Wildman–Crippen LogP) is 3.74. The standard InChI is InChI=1S/C16H19FN2O/c1-4-18-9-13-8-14(17)10-19-16(13)20-15-6-5-11(2)12(3)7-15/h5-8,10,18H,4,9H2,1-3H3. The van der Waals surface area contributed by atoms with Crippen molar-refractivity contribution in [2.24, 2.45) is 0 Å². The van der Waals surface area contributed by atoms with E-state index in [9.17, 15) is 4.39 Å². The Morgan fingerprint density at radius 3 is 2.70 bits per heavy atom. The molecule has 0 unspecified atom stereocenters. The normalized spacial score (nSPS) is 10.6. The highest BCUT2D eigenvalue weighted by atomic mass is 19.1. The van der Waals surface area contributed by atoms with Gasteiger partial charge < -0.3 is 10.1 Å². The van der Waals surface area contributed by atoms with Crippen LogP contribution in [0.25, 0.3) is 0 Å². The van der Waals surface area contributed by atoms with Gasteiger partial charge in [0.1, 0.15) is 11.6 Å². The molecule has 4 heteroatoms. The molecule has 3 nitrogen and oxygen atoms in total. The lowest BCUT2D eigenvalue weighted by molar-refractivity contribution is 0.448. The van der Waals surface area contributed by atoms with E-state index in [4.69, 9.17) is 4.74 Å². The Kier molecular flexibility index (Phi) is 4.69. The second-order valence-corrected chi connectivity index (χ2v) is 4.75. The average Bonchev–Trinajstić information content (AvgIpc) is 2.43. The van der Waals surface area contributed by atoms with E-state index in [0.717, 1.165) is 12.1 Å². The van der Waals surface area contributed by atoms with Gasteiger partial charge in [0.2, 0.25) is 5.88 Å². The summed E-state index contributed by atoms with van der Waals surface area (Å²) in [4.78, 5) is 4.04. The number of benzene rings is 1. The largest absolute Gasteiger partial charge is 0.439 e. The van der Waals surface area contributed by atoms with Crippen molar-refractivity contribution in [3.63, 3.8) is 0 Å². The number of rotatable bonds is 5. The highest BCUT2D eigenvalue weighted by molar-refractivity contribution is 5.37. The molecule has 1 aromatic heterocycles. The van der Waals surface area contributed by atoms with E-state index in [-0.39, 0.29) is 5.82 Å². The summed E-state index contributed by atoms with van der Waals surface area (Å²) < 4.78 is 19.1.